The van der Waals surface area contributed by atoms with Crippen LogP contribution in [0.2, 0.25) is 0 Å². The normalized spacial score (nSPS) is 30.5. The minimum absolute atomic E-state index is 0.519. The summed E-state index contributed by atoms with van der Waals surface area (Å²) < 4.78 is 0. The Hall–Kier alpha value is -1.84. The molecule has 4 heteroatoms. The largest absolute Gasteiger partial charge is 0.292 e. The third-order valence-electron chi connectivity index (χ3n) is 5.95. The lowest BCUT2D eigenvalue weighted by Crippen LogP contribution is -2.40. The Bertz CT molecular complexity index is 564. The summed E-state index contributed by atoms with van der Waals surface area (Å²) in [6.07, 6.45) is 11.6. The molecule has 0 N–H and O–H groups in total. The zero-order chi connectivity index (χ0) is 18.5. The molecule has 1 aromatic rings. The topological polar surface area (TPSA) is 31.2 Å². The molecule has 3 rings (SSSR count). The first-order valence-electron chi connectivity index (χ1n) is 10.3. The maximum absolute atomic E-state index is 4.83. The van der Waals surface area contributed by atoms with Crippen molar-refractivity contribution in [2.24, 2.45) is 10.2 Å². The first-order valence-corrected chi connectivity index (χ1v) is 10.3. The second kappa shape index (κ2) is 8.70. The van der Waals surface area contributed by atoms with E-state index in [0.29, 0.717) is 24.2 Å². The zero-order valence-corrected chi connectivity index (χ0v) is 16.8. The van der Waals surface area contributed by atoms with Crippen molar-refractivity contribution in [3.8, 4) is 0 Å². The van der Waals surface area contributed by atoms with Crippen LogP contribution in [0.4, 0.5) is 0 Å². The Balaban J connectivity index is 1.75. The molecule has 0 aromatic heterocycles. The fourth-order valence-corrected chi connectivity index (χ4v) is 4.27. The molecule has 1 aromatic carbocycles. The summed E-state index contributed by atoms with van der Waals surface area (Å²) in [5.74, 6) is 0. The highest BCUT2D eigenvalue weighted by Gasteiger charge is 2.23. The lowest BCUT2D eigenvalue weighted by Gasteiger charge is -2.36. The summed E-state index contributed by atoms with van der Waals surface area (Å²) >= 11 is 0. The van der Waals surface area contributed by atoms with Gasteiger partial charge >= 0.3 is 0 Å². The van der Waals surface area contributed by atoms with Gasteiger partial charge in [-0.05, 0) is 66.2 Å². The Kier molecular flexibility index (Phi) is 6.33. The monoisotopic (exact) mass is 354 g/mol. The second-order valence-electron chi connectivity index (χ2n) is 8.14. The van der Waals surface area contributed by atoms with Crippen molar-refractivity contribution in [1.29, 1.82) is 0 Å². The molecule has 4 nitrogen and oxygen atoms in total. The van der Waals surface area contributed by atoms with Gasteiger partial charge in [-0.15, -0.1) is 0 Å². The number of rotatable bonds is 4. The van der Waals surface area contributed by atoms with Crippen LogP contribution in [-0.4, -0.2) is 46.6 Å². The molecular formula is C22H34N4. The zero-order valence-electron chi connectivity index (χ0n) is 16.8. The molecule has 0 saturated carbocycles. The van der Waals surface area contributed by atoms with Gasteiger partial charge in [0.25, 0.3) is 0 Å². The highest BCUT2D eigenvalue weighted by molar-refractivity contribution is 5.94. The third kappa shape index (κ3) is 4.46. The summed E-state index contributed by atoms with van der Waals surface area (Å²) in [4.78, 5) is 0. The standard InChI is InChI=1S/C22H34N4/c1-17-9-7-10-18(2)25(17)23-15-21-13-5-6-14-22(21)16-24-26-19(3)11-8-12-20(26)4/h5-6,13-20H,7-12H2,1-4H3. The van der Waals surface area contributed by atoms with E-state index in [2.05, 4.69) is 62.0 Å². The van der Waals surface area contributed by atoms with Crippen LogP contribution < -0.4 is 0 Å². The number of nitrogens with zero attached hydrogens (tertiary/aromatic N) is 4. The van der Waals surface area contributed by atoms with E-state index in [0.717, 1.165) is 11.1 Å². The average Bonchev–Trinajstić information content (AvgIpc) is 2.62. The van der Waals surface area contributed by atoms with Gasteiger partial charge in [0.1, 0.15) is 0 Å². The summed E-state index contributed by atoms with van der Waals surface area (Å²) in [5, 5.41) is 14.2. The number of hydrogen-bond acceptors (Lipinski definition) is 4. The Morgan fingerprint density at radius 3 is 1.38 bits per heavy atom. The van der Waals surface area contributed by atoms with Crippen molar-refractivity contribution in [1.82, 2.24) is 10.0 Å². The Morgan fingerprint density at radius 1 is 0.692 bits per heavy atom. The third-order valence-corrected chi connectivity index (χ3v) is 5.95. The molecule has 0 amide bonds. The number of hydrazone groups is 2. The van der Waals surface area contributed by atoms with Crippen LogP contribution in [0.5, 0.6) is 0 Å². The smallest absolute Gasteiger partial charge is 0.0549 e. The highest BCUT2D eigenvalue weighted by atomic mass is 15.5. The van der Waals surface area contributed by atoms with Crippen molar-refractivity contribution in [2.75, 3.05) is 0 Å². The van der Waals surface area contributed by atoms with Gasteiger partial charge in [0.2, 0.25) is 0 Å². The van der Waals surface area contributed by atoms with Crippen molar-refractivity contribution < 1.29 is 0 Å². The van der Waals surface area contributed by atoms with E-state index in [9.17, 15) is 0 Å². The van der Waals surface area contributed by atoms with Crippen LogP contribution in [0.3, 0.4) is 0 Å². The summed E-state index contributed by atoms with van der Waals surface area (Å²) in [6, 6.07) is 10.5. The van der Waals surface area contributed by atoms with Crippen LogP contribution in [0.25, 0.3) is 0 Å². The minimum atomic E-state index is 0.519. The van der Waals surface area contributed by atoms with Crippen LogP contribution >= 0.6 is 0 Å². The van der Waals surface area contributed by atoms with Crippen molar-refractivity contribution in [2.45, 2.75) is 90.4 Å². The quantitative estimate of drug-likeness (QED) is 0.722. The van der Waals surface area contributed by atoms with Gasteiger partial charge < -0.3 is 0 Å². The Labute approximate surface area is 159 Å². The molecule has 2 aliphatic heterocycles. The summed E-state index contributed by atoms with van der Waals surface area (Å²) in [6.45, 7) is 9.11. The van der Waals surface area contributed by atoms with Crippen molar-refractivity contribution >= 4 is 12.4 Å². The van der Waals surface area contributed by atoms with Crippen molar-refractivity contribution in [3.05, 3.63) is 35.4 Å². The van der Waals surface area contributed by atoms with E-state index in [1.54, 1.807) is 0 Å². The molecule has 0 spiro atoms. The number of piperidine rings is 2. The maximum atomic E-state index is 4.83. The fourth-order valence-electron chi connectivity index (χ4n) is 4.27. The van der Waals surface area contributed by atoms with E-state index < -0.39 is 0 Å². The molecule has 0 aliphatic carbocycles. The second-order valence-corrected chi connectivity index (χ2v) is 8.14. The number of hydrogen-bond donors (Lipinski definition) is 0. The van der Waals surface area contributed by atoms with Gasteiger partial charge in [-0.2, -0.15) is 10.2 Å². The van der Waals surface area contributed by atoms with Crippen molar-refractivity contribution in [3.63, 3.8) is 0 Å². The molecule has 2 saturated heterocycles. The minimum Gasteiger partial charge on any atom is -0.292 e. The first-order chi connectivity index (χ1) is 12.6. The van der Waals surface area contributed by atoms with Gasteiger partial charge in [-0.1, -0.05) is 24.3 Å². The SMILES string of the molecule is CC1CCCC(C)N1N=Cc1ccccc1C=NN1C(C)CCCC1C. The maximum Gasteiger partial charge on any atom is 0.0549 e. The average molecular weight is 355 g/mol. The van der Waals surface area contributed by atoms with E-state index in [4.69, 9.17) is 10.2 Å². The predicted octanol–water partition coefficient (Wildman–Crippen LogP) is 4.88. The predicted molar refractivity (Wildman–Crippen MR) is 111 cm³/mol. The lowest BCUT2D eigenvalue weighted by molar-refractivity contribution is 0.109. The first kappa shape index (κ1) is 18.9. The molecule has 2 fully saturated rings. The molecule has 0 radical (unpaired) electrons. The lowest BCUT2D eigenvalue weighted by atomic mass is 10.00. The molecule has 0 bridgehead atoms. The molecular weight excluding hydrogens is 320 g/mol. The Morgan fingerprint density at radius 2 is 1.04 bits per heavy atom. The fraction of sp³-hybridized carbons (Fsp3) is 0.636. The van der Waals surface area contributed by atoms with Gasteiger partial charge in [-0.25, -0.2) is 0 Å². The van der Waals surface area contributed by atoms with E-state index in [1.807, 2.05) is 12.4 Å². The van der Waals surface area contributed by atoms with E-state index in [-0.39, 0.29) is 0 Å². The summed E-state index contributed by atoms with van der Waals surface area (Å²) in [7, 11) is 0. The molecule has 2 heterocycles. The highest BCUT2D eigenvalue weighted by Crippen LogP contribution is 2.24. The van der Waals surface area contributed by atoms with Gasteiger partial charge in [0, 0.05) is 35.3 Å². The van der Waals surface area contributed by atoms with Crippen LogP contribution in [0.15, 0.2) is 34.5 Å². The van der Waals surface area contributed by atoms with E-state index >= 15 is 0 Å². The van der Waals surface area contributed by atoms with Gasteiger partial charge in [-0.3, -0.25) is 10.0 Å². The molecule has 142 valence electrons. The van der Waals surface area contributed by atoms with Crippen LogP contribution in [0, 0.1) is 0 Å². The van der Waals surface area contributed by atoms with E-state index in [1.165, 1.54) is 38.5 Å². The van der Waals surface area contributed by atoms with Crippen LogP contribution in [-0.2, 0) is 0 Å². The number of benzene rings is 1. The van der Waals surface area contributed by atoms with Gasteiger partial charge in [0.15, 0.2) is 0 Å². The molecule has 4 unspecified atom stereocenters. The van der Waals surface area contributed by atoms with Crippen LogP contribution in [0.1, 0.15) is 77.3 Å². The molecule has 4 atom stereocenters. The van der Waals surface area contributed by atoms with Gasteiger partial charge in [0.05, 0.1) is 12.4 Å². The molecule has 2 aliphatic rings. The molecule has 26 heavy (non-hydrogen) atoms. The summed E-state index contributed by atoms with van der Waals surface area (Å²) in [5.41, 5.74) is 2.28.